The van der Waals surface area contributed by atoms with Crippen LogP contribution in [0.25, 0.3) is 0 Å². The predicted octanol–water partition coefficient (Wildman–Crippen LogP) is 1.62. The second kappa shape index (κ2) is 6.52. The number of likely N-dealkylation sites (tertiary alicyclic amines) is 1. The molecule has 6 heteroatoms. The Labute approximate surface area is 122 Å². The monoisotopic (exact) mass is 328 g/mol. The summed E-state index contributed by atoms with van der Waals surface area (Å²) in [6.07, 6.45) is 6.42. The second-order valence-electron chi connectivity index (χ2n) is 5.29. The van der Waals surface area contributed by atoms with Crippen molar-refractivity contribution in [1.29, 1.82) is 0 Å². The number of aryl methyl sites for hydroxylation is 1. The van der Waals surface area contributed by atoms with E-state index in [1.54, 1.807) is 6.20 Å². The fourth-order valence-corrected chi connectivity index (χ4v) is 2.76. The molecule has 1 saturated heterocycles. The number of amides is 1. The number of rotatable bonds is 4. The van der Waals surface area contributed by atoms with E-state index in [1.165, 1.54) is 0 Å². The minimum absolute atomic E-state index is 0.0862. The average molecular weight is 329 g/mol. The van der Waals surface area contributed by atoms with Crippen molar-refractivity contribution in [1.82, 2.24) is 14.5 Å². The molecule has 0 aromatic carbocycles. The number of carbonyl (C=O) groups is 1. The minimum Gasteiger partial charge on any atom is -0.341 e. The molecule has 19 heavy (non-hydrogen) atoms. The van der Waals surface area contributed by atoms with Crippen molar-refractivity contribution in [3.8, 4) is 0 Å². The lowest BCUT2D eigenvalue weighted by molar-refractivity contribution is -0.134. The van der Waals surface area contributed by atoms with Crippen LogP contribution < -0.4 is 5.73 Å². The van der Waals surface area contributed by atoms with Crippen LogP contribution in [0.4, 0.5) is 0 Å². The summed E-state index contributed by atoms with van der Waals surface area (Å²) in [5.74, 6) is 0.810. The summed E-state index contributed by atoms with van der Waals surface area (Å²) in [4.78, 5) is 18.2. The average Bonchev–Trinajstić information content (AvgIpc) is 2.81. The van der Waals surface area contributed by atoms with Gasteiger partial charge in [0.15, 0.2) is 4.73 Å². The number of aromatic nitrogens is 2. The predicted molar refractivity (Wildman–Crippen MR) is 77.5 cm³/mol. The lowest BCUT2D eigenvalue weighted by Gasteiger charge is -2.32. The lowest BCUT2D eigenvalue weighted by Crippen LogP contribution is -2.47. The van der Waals surface area contributed by atoms with Gasteiger partial charge in [-0.15, -0.1) is 0 Å². The van der Waals surface area contributed by atoms with Crippen molar-refractivity contribution >= 4 is 21.8 Å². The molecular weight excluding hydrogens is 308 g/mol. The fourth-order valence-electron chi connectivity index (χ4n) is 2.34. The first kappa shape index (κ1) is 14.5. The van der Waals surface area contributed by atoms with E-state index in [4.69, 9.17) is 5.73 Å². The normalized spacial score (nSPS) is 18.6. The summed E-state index contributed by atoms with van der Waals surface area (Å²) >= 11 is 3.35. The van der Waals surface area contributed by atoms with Gasteiger partial charge in [-0.1, -0.05) is 6.92 Å². The second-order valence-corrected chi connectivity index (χ2v) is 6.00. The maximum absolute atomic E-state index is 12.2. The summed E-state index contributed by atoms with van der Waals surface area (Å²) in [6, 6.07) is -0.414. The number of imidazole rings is 1. The highest BCUT2D eigenvalue weighted by molar-refractivity contribution is 9.10. The third-order valence-electron chi connectivity index (χ3n) is 3.76. The molecule has 0 radical (unpaired) electrons. The van der Waals surface area contributed by atoms with Gasteiger partial charge in [0.25, 0.3) is 0 Å². The number of nitrogens with two attached hydrogens (primary N) is 1. The highest BCUT2D eigenvalue weighted by Crippen LogP contribution is 2.17. The first-order chi connectivity index (χ1) is 9.08. The number of hydrogen-bond donors (Lipinski definition) is 1. The Balaban J connectivity index is 1.81. The summed E-state index contributed by atoms with van der Waals surface area (Å²) in [7, 11) is 0. The Kier molecular flexibility index (Phi) is 4.99. The first-order valence-electron chi connectivity index (χ1n) is 6.79. The molecule has 1 atom stereocenters. The Hall–Kier alpha value is -0.880. The van der Waals surface area contributed by atoms with Crippen LogP contribution in [0.3, 0.4) is 0 Å². The van der Waals surface area contributed by atoms with Gasteiger partial charge in [-0.2, -0.15) is 0 Å². The number of nitrogens with zero attached hydrogens (tertiary/aromatic N) is 3. The van der Waals surface area contributed by atoms with Gasteiger partial charge in [-0.3, -0.25) is 4.79 Å². The molecule has 106 valence electrons. The maximum Gasteiger partial charge on any atom is 0.239 e. The SMILES string of the molecule is CC1CCN(C(=O)C(N)CCn2ccnc2Br)CC1. The van der Waals surface area contributed by atoms with Gasteiger partial charge in [0.1, 0.15) is 0 Å². The zero-order valence-corrected chi connectivity index (χ0v) is 12.8. The molecule has 1 fully saturated rings. The standard InChI is InChI=1S/C13H21BrN4O/c1-10-2-6-17(7-3-10)12(19)11(15)4-8-18-9-5-16-13(18)14/h5,9-11H,2-4,6-8,15H2,1H3. The third-order valence-corrected chi connectivity index (χ3v) is 4.42. The number of piperidine rings is 1. The largest absolute Gasteiger partial charge is 0.341 e. The third kappa shape index (κ3) is 3.79. The first-order valence-corrected chi connectivity index (χ1v) is 7.58. The molecule has 1 unspecified atom stereocenters. The molecule has 0 spiro atoms. The van der Waals surface area contributed by atoms with Crippen molar-refractivity contribution in [2.24, 2.45) is 11.7 Å². The van der Waals surface area contributed by atoms with E-state index in [9.17, 15) is 4.79 Å². The van der Waals surface area contributed by atoms with Crippen LogP contribution in [0, 0.1) is 5.92 Å². The van der Waals surface area contributed by atoms with E-state index in [-0.39, 0.29) is 5.91 Å². The van der Waals surface area contributed by atoms with E-state index in [1.807, 2.05) is 15.7 Å². The van der Waals surface area contributed by atoms with Crippen molar-refractivity contribution in [2.45, 2.75) is 38.8 Å². The van der Waals surface area contributed by atoms with Gasteiger partial charge in [0.05, 0.1) is 6.04 Å². The van der Waals surface area contributed by atoms with Crippen molar-refractivity contribution in [3.63, 3.8) is 0 Å². The van der Waals surface area contributed by atoms with Gasteiger partial charge < -0.3 is 15.2 Å². The van der Waals surface area contributed by atoms with Crippen LogP contribution in [0.15, 0.2) is 17.1 Å². The molecule has 1 amide bonds. The Morgan fingerprint density at radius 2 is 2.26 bits per heavy atom. The summed E-state index contributed by atoms with van der Waals surface area (Å²) in [5.41, 5.74) is 6.01. The van der Waals surface area contributed by atoms with Gasteiger partial charge in [-0.05, 0) is 41.1 Å². The Bertz CT molecular complexity index is 426. The molecule has 0 saturated carbocycles. The topological polar surface area (TPSA) is 64.2 Å². The molecule has 0 bridgehead atoms. The van der Waals surface area contributed by atoms with Gasteiger partial charge >= 0.3 is 0 Å². The van der Waals surface area contributed by atoms with Crippen LogP contribution in [-0.2, 0) is 11.3 Å². The smallest absolute Gasteiger partial charge is 0.239 e. The molecule has 2 N–H and O–H groups in total. The van der Waals surface area contributed by atoms with Crippen LogP contribution in [-0.4, -0.2) is 39.5 Å². The van der Waals surface area contributed by atoms with Crippen molar-refractivity contribution in [3.05, 3.63) is 17.1 Å². The number of carbonyl (C=O) groups excluding carboxylic acids is 1. The molecule has 2 rings (SSSR count). The van der Waals surface area contributed by atoms with E-state index in [2.05, 4.69) is 27.8 Å². The summed E-state index contributed by atoms with van der Waals surface area (Å²) < 4.78 is 2.73. The van der Waals surface area contributed by atoms with Crippen molar-refractivity contribution in [2.75, 3.05) is 13.1 Å². The summed E-state index contributed by atoms with van der Waals surface area (Å²) in [5, 5.41) is 0. The van der Waals surface area contributed by atoms with Gasteiger partial charge in [0.2, 0.25) is 5.91 Å². The van der Waals surface area contributed by atoms with Gasteiger partial charge in [0, 0.05) is 32.0 Å². The zero-order valence-electron chi connectivity index (χ0n) is 11.3. The molecule has 1 aliphatic heterocycles. The van der Waals surface area contributed by atoms with E-state index in [0.717, 1.165) is 36.6 Å². The molecule has 0 aliphatic carbocycles. The quantitative estimate of drug-likeness (QED) is 0.913. The zero-order chi connectivity index (χ0) is 13.8. The van der Waals surface area contributed by atoms with Crippen molar-refractivity contribution < 1.29 is 4.79 Å². The maximum atomic E-state index is 12.2. The van der Waals surface area contributed by atoms with Crippen LogP contribution >= 0.6 is 15.9 Å². The Morgan fingerprint density at radius 1 is 1.58 bits per heavy atom. The van der Waals surface area contributed by atoms with Crippen LogP contribution in [0.5, 0.6) is 0 Å². The van der Waals surface area contributed by atoms with E-state index in [0.29, 0.717) is 13.0 Å². The van der Waals surface area contributed by atoms with Crippen LogP contribution in [0.1, 0.15) is 26.2 Å². The lowest BCUT2D eigenvalue weighted by atomic mass is 9.98. The molecule has 2 heterocycles. The summed E-state index contributed by atoms with van der Waals surface area (Å²) in [6.45, 7) is 4.64. The highest BCUT2D eigenvalue weighted by atomic mass is 79.9. The van der Waals surface area contributed by atoms with Crippen LogP contribution in [0.2, 0.25) is 0 Å². The highest BCUT2D eigenvalue weighted by Gasteiger charge is 2.24. The molecule has 5 nitrogen and oxygen atoms in total. The number of halogens is 1. The Morgan fingerprint density at radius 3 is 2.84 bits per heavy atom. The number of hydrogen-bond acceptors (Lipinski definition) is 3. The van der Waals surface area contributed by atoms with E-state index >= 15 is 0 Å². The molecular formula is C13H21BrN4O. The van der Waals surface area contributed by atoms with E-state index < -0.39 is 6.04 Å². The molecule has 1 aliphatic rings. The van der Waals surface area contributed by atoms with Gasteiger partial charge in [-0.25, -0.2) is 4.98 Å². The fraction of sp³-hybridized carbons (Fsp3) is 0.692. The molecule has 1 aromatic heterocycles. The molecule has 1 aromatic rings. The minimum atomic E-state index is -0.414.